The van der Waals surface area contributed by atoms with Crippen molar-refractivity contribution >= 4 is 52.4 Å². The molecule has 1 amide bonds. The van der Waals surface area contributed by atoms with E-state index in [1.807, 2.05) is 13.8 Å². The fourth-order valence-corrected chi connectivity index (χ4v) is 1.87. The number of aromatic nitrogens is 1. The van der Waals surface area contributed by atoms with E-state index in [1.165, 1.54) is 0 Å². The van der Waals surface area contributed by atoms with Gasteiger partial charge in [-0.05, 0) is 13.3 Å². The first-order valence-corrected chi connectivity index (χ1v) is 7.17. The van der Waals surface area contributed by atoms with Crippen LogP contribution >= 0.6 is 34.8 Å². The molecule has 0 aliphatic heterocycles. The number of nitrogens with zero attached hydrogens (tertiary/aromatic N) is 1. The second kappa shape index (κ2) is 7.68. The average Bonchev–Trinajstić information content (AvgIpc) is 2.46. The quantitative estimate of drug-likeness (QED) is 0.626. The third kappa shape index (κ3) is 4.62. The summed E-state index contributed by atoms with van der Waals surface area (Å²) in [7, 11) is 0. The van der Waals surface area contributed by atoms with Crippen LogP contribution in [0, 0.1) is 0 Å². The summed E-state index contributed by atoms with van der Waals surface area (Å²) in [5.74, 6) is -1.34. The van der Waals surface area contributed by atoms with Crippen molar-refractivity contribution in [1.29, 1.82) is 0 Å². The van der Waals surface area contributed by atoms with Gasteiger partial charge in [-0.15, -0.1) is 0 Å². The van der Waals surface area contributed by atoms with Gasteiger partial charge < -0.3 is 15.8 Å². The van der Waals surface area contributed by atoms with Crippen LogP contribution in [0.2, 0.25) is 15.2 Å². The van der Waals surface area contributed by atoms with Crippen molar-refractivity contribution in [3.05, 3.63) is 20.9 Å². The van der Waals surface area contributed by atoms with Crippen LogP contribution in [0.1, 0.15) is 30.8 Å². The van der Waals surface area contributed by atoms with Crippen LogP contribution in [0.5, 0.6) is 0 Å². The molecule has 0 saturated heterocycles. The average molecular weight is 355 g/mol. The van der Waals surface area contributed by atoms with E-state index in [0.717, 1.165) is 6.42 Å². The standard InChI is InChI=1S/C12H14Cl3N3O3/c1-3-5(2)17-6(19)4-21-12(20)10-7(13)9(16)8(14)11(15)18-10/h5H,3-4H2,1-2H3,(H2,16,18)(H,17,19). The van der Waals surface area contributed by atoms with Gasteiger partial charge in [-0.3, -0.25) is 4.79 Å². The van der Waals surface area contributed by atoms with E-state index in [2.05, 4.69) is 10.3 Å². The molecule has 3 N–H and O–H groups in total. The molecular weight excluding hydrogens is 341 g/mol. The Bertz CT molecular complexity index is 566. The topological polar surface area (TPSA) is 94.3 Å². The number of carbonyl (C=O) groups excluding carboxylic acids is 2. The molecule has 0 spiro atoms. The van der Waals surface area contributed by atoms with Crippen molar-refractivity contribution in [3.8, 4) is 0 Å². The smallest absolute Gasteiger partial charge is 0.359 e. The van der Waals surface area contributed by atoms with Crippen LogP contribution in [0.15, 0.2) is 0 Å². The number of hydrogen-bond donors (Lipinski definition) is 2. The molecule has 0 radical (unpaired) electrons. The van der Waals surface area contributed by atoms with E-state index in [0.29, 0.717) is 0 Å². The molecule has 1 unspecified atom stereocenters. The molecule has 21 heavy (non-hydrogen) atoms. The summed E-state index contributed by atoms with van der Waals surface area (Å²) < 4.78 is 4.81. The lowest BCUT2D eigenvalue weighted by atomic mass is 10.2. The molecule has 1 aromatic heterocycles. The molecule has 0 bridgehead atoms. The molecule has 116 valence electrons. The highest BCUT2D eigenvalue weighted by molar-refractivity contribution is 6.46. The summed E-state index contributed by atoms with van der Waals surface area (Å²) >= 11 is 17.3. The van der Waals surface area contributed by atoms with E-state index in [9.17, 15) is 9.59 Å². The first-order chi connectivity index (χ1) is 9.77. The SMILES string of the molecule is CCC(C)NC(=O)COC(=O)c1nc(Cl)c(Cl)c(N)c1Cl. The van der Waals surface area contributed by atoms with Gasteiger partial charge in [0.2, 0.25) is 0 Å². The van der Waals surface area contributed by atoms with Crippen molar-refractivity contribution in [3.63, 3.8) is 0 Å². The minimum atomic E-state index is -0.912. The Morgan fingerprint density at radius 1 is 1.33 bits per heavy atom. The van der Waals surface area contributed by atoms with Crippen LogP contribution in [-0.4, -0.2) is 29.5 Å². The number of anilines is 1. The molecule has 0 aliphatic rings. The molecule has 0 aromatic carbocycles. The highest BCUT2D eigenvalue weighted by atomic mass is 35.5. The minimum Gasteiger partial charge on any atom is -0.451 e. The monoisotopic (exact) mass is 353 g/mol. The number of amides is 1. The van der Waals surface area contributed by atoms with Gasteiger partial charge in [0.05, 0.1) is 10.7 Å². The number of nitrogens with two attached hydrogens (primary N) is 1. The predicted octanol–water partition coefficient (Wildman–Crippen LogP) is 2.70. The van der Waals surface area contributed by atoms with Gasteiger partial charge >= 0.3 is 5.97 Å². The third-order valence-electron chi connectivity index (χ3n) is 2.62. The minimum absolute atomic E-state index is 0.0152. The van der Waals surface area contributed by atoms with E-state index in [4.69, 9.17) is 45.3 Å². The lowest BCUT2D eigenvalue weighted by Gasteiger charge is -2.12. The van der Waals surface area contributed by atoms with Gasteiger partial charge in [-0.2, -0.15) is 0 Å². The van der Waals surface area contributed by atoms with E-state index in [-0.39, 0.29) is 32.6 Å². The lowest BCUT2D eigenvalue weighted by Crippen LogP contribution is -2.35. The number of nitrogens with one attached hydrogen (secondary N) is 1. The number of hydrogen-bond acceptors (Lipinski definition) is 5. The number of rotatable bonds is 5. The van der Waals surface area contributed by atoms with Crippen molar-refractivity contribution in [2.75, 3.05) is 12.3 Å². The number of pyridine rings is 1. The Hall–Kier alpha value is -1.24. The molecule has 1 heterocycles. The molecule has 9 heteroatoms. The molecule has 6 nitrogen and oxygen atoms in total. The number of ether oxygens (including phenoxy) is 1. The van der Waals surface area contributed by atoms with Crippen LogP contribution in [0.4, 0.5) is 5.69 Å². The number of nitrogen functional groups attached to an aromatic ring is 1. The van der Waals surface area contributed by atoms with Gasteiger partial charge in [0.25, 0.3) is 5.91 Å². The van der Waals surface area contributed by atoms with Crippen molar-refractivity contribution < 1.29 is 14.3 Å². The van der Waals surface area contributed by atoms with Crippen molar-refractivity contribution in [2.24, 2.45) is 0 Å². The van der Waals surface area contributed by atoms with Crippen LogP contribution < -0.4 is 11.1 Å². The normalized spacial score (nSPS) is 11.9. The Kier molecular flexibility index (Phi) is 6.51. The second-order valence-electron chi connectivity index (χ2n) is 4.25. The Morgan fingerprint density at radius 2 is 1.95 bits per heavy atom. The Morgan fingerprint density at radius 3 is 2.52 bits per heavy atom. The molecule has 0 fully saturated rings. The Balaban J connectivity index is 2.75. The highest BCUT2D eigenvalue weighted by Gasteiger charge is 2.21. The summed E-state index contributed by atoms with van der Waals surface area (Å²) in [4.78, 5) is 27.0. The van der Waals surface area contributed by atoms with E-state index in [1.54, 1.807) is 0 Å². The summed E-state index contributed by atoms with van der Waals surface area (Å²) in [6.07, 6.45) is 0.760. The summed E-state index contributed by atoms with van der Waals surface area (Å²) in [6, 6.07) is -0.0152. The van der Waals surface area contributed by atoms with Crippen molar-refractivity contribution in [1.82, 2.24) is 10.3 Å². The largest absolute Gasteiger partial charge is 0.451 e. The Labute approximate surface area is 136 Å². The summed E-state index contributed by atoms with van der Waals surface area (Å²) in [6.45, 7) is 3.29. The molecule has 1 aromatic rings. The van der Waals surface area contributed by atoms with E-state index >= 15 is 0 Å². The molecule has 1 atom stereocenters. The molecule has 0 aliphatic carbocycles. The maximum Gasteiger partial charge on any atom is 0.359 e. The van der Waals surface area contributed by atoms with E-state index < -0.39 is 18.5 Å². The van der Waals surface area contributed by atoms with Gasteiger partial charge in [-0.25, -0.2) is 9.78 Å². The number of halogens is 3. The van der Waals surface area contributed by atoms with Crippen molar-refractivity contribution in [2.45, 2.75) is 26.3 Å². The van der Waals surface area contributed by atoms with Gasteiger partial charge in [0, 0.05) is 6.04 Å². The maximum absolute atomic E-state index is 11.8. The number of carbonyl (C=O) groups is 2. The maximum atomic E-state index is 11.8. The zero-order valence-electron chi connectivity index (χ0n) is 11.4. The fraction of sp³-hybridized carbons (Fsp3) is 0.417. The van der Waals surface area contributed by atoms with Crippen LogP contribution in [0.3, 0.4) is 0 Å². The zero-order chi connectivity index (χ0) is 16.2. The van der Waals surface area contributed by atoms with Gasteiger partial charge in [0.15, 0.2) is 17.5 Å². The molecular formula is C12H14Cl3N3O3. The predicted molar refractivity (Wildman–Crippen MR) is 81.9 cm³/mol. The van der Waals surface area contributed by atoms with Gasteiger partial charge in [-0.1, -0.05) is 41.7 Å². The van der Waals surface area contributed by atoms with Crippen LogP contribution in [-0.2, 0) is 9.53 Å². The number of esters is 1. The lowest BCUT2D eigenvalue weighted by molar-refractivity contribution is -0.124. The second-order valence-corrected chi connectivity index (χ2v) is 5.36. The highest BCUT2D eigenvalue weighted by Crippen LogP contribution is 2.34. The summed E-state index contributed by atoms with van der Waals surface area (Å²) in [5, 5.41) is 2.25. The zero-order valence-corrected chi connectivity index (χ0v) is 13.6. The first-order valence-electron chi connectivity index (χ1n) is 6.04. The molecule has 0 saturated carbocycles. The fourth-order valence-electron chi connectivity index (χ4n) is 1.28. The van der Waals surface area contributed by atoms with Gasteiger partial charge in [0.1, 0.15) is 5.02 Å². The van der Waals surface area contributed by atoms with Crippen LogP contribution in [0.25, 0.3) is 0 Å². The third-order valence-corrected chi connectivity index (χ3v) is 3.75. The summed E-state index contributed by atoms with van der Waals surface area (Å²) in [5.41, 5.74) is 5.22. The molecule has 1 rings (SSSR count). The first kappa shape index (κ1) is 17.8.